The van der Waals surface area contributed by atoms with Gasteiger partial charge < -0.3 is 10.8 Å². The molecule has 0 heterocycles. The highest BCUT2D eigenvalue weighted by atomic mass is 16.6. The lowest BCUT2D eigenvalue weighted by molar-refractivity contribution is -0.419. The van der Waals surface area contributed by atoms with E-state index in [4.69, 9.17) is 5.73 Å². The number of nitrogens with two attached hydrogens (primary N) is 1. The number of nitrogens with zero attached hydrogens (tertiary/aromatic N) is 1. The van der Waals surface area contributed by atoms with Crippen LogP contribution in [0.5, 0.6) is 0 Å². The molecular weight excluding hydrogens is 208 g/mol. The predicted molar refractivity (Wildman–Crippen MR) is 59.0 cm³/mol. The van der Waals surface area contributed by atoms with Crippen LogP contribution < -0.4 is 5.73 Å². The molecule has 3 unspecified atom stereocenters. The molecule has 0 aliphatic heterocycles. The highest BCUT2D eigenvalue weighted by Gasteiger charge is 2.33. The Labute approximate surface area is 93.1 Å². The van der Waals surface area contributed by atoms with Crippen molar-refractivity contribution < 1.29 is 10.0 Å². The highest BCUT2D eigenvalue weighted by molar-refractivity contribution is 5.47. The Balaban J connectivity index is 2.45. The Morgan fingerprint density at radius 3 is 2.88 bits per heavy atom. The molecule has 0 aromatic carbocycles. The average molecular weight is 222 g/mol. The molecule has 0 radical (unpaired) electrons. The number of aliphatic hydroxyl groups excluding tert-OH is 1. The van der Waals surface area contributed by atoms with Crippen LogP contribution in [-0.4, -0.2) is 22.2 Å². The van der Waals surface area contributed by atoms with Gasteiger partial charge in [0.1, 0.15) is 0 Å². The molecule has 2 aliphatic carbocycles. The molecule has 0 amide bonds. The van der Waals surface area contributed by atoms with Crippen LogP contribution in [-0.2, 0) is 0 Å². The molecule has 0 bridgehead atoms. The normalized spacial score (nSPS) is 33.4. The maximum atomic E-state index is 10.8. The monoisotopic (exact) mass is 222 g/mol. The van der Waals surface area contributed by atoms with Crippen molar-refractivity contribution in [1.29, 1.82) is 0 Å². The summed E-state index contributed by atoms with van der Waals surface area (Å²) in [6.07, 6.45) is 4.86. The minimum absolute atomic E-state index is 0.0124. The molecule has 1 saturated carbocycles. The zero-order valence-corrected chi connectivity index (χ0v) is 8.96. The lowest BCUT2D eigenvalue weighted by Crippen LogP contribution is -2.30. The average Bonchev–Trinajstić information content (AvgIpc) is 2.37. The highest BCUT2D eigenvalue weighted by Crippen LogP contribution is 2.34. The van der Waals surface area contributed by atoms with Gasteiger partial charge in [0.2, 0.25) is 0 Å². The molecule has 3 atom stereocenters. The van der Waals surface area contributed by atoms with E-state index in [0.717, 1.165) is 5.57 Å². The summed E-state index contributed by atoms with van der Waals surface area (Å²) in [6.45, 7) is 1.88. The van der Waals surface area contributed by atoms with Crippen LogP contribution in [0.4, 0.5) is 0 Å². The number of nitro groups is 1. The Kier molecular flexibility index (Phi) is 2.65. The summed E-state index contributed by atoms with van der Waals surface area (Å²) in [7, 11) is 0. The van der Waals surface area contributed by atoms with Crippen LogP contribution in [0.3, 0.4) is 0 Å². The third-order valence-corrected chi connectivity index (χ3v) is 2.99. The van der Waals surface area contributed by atoms with E-state index in [2.05, 4.69) is 0 Å². The maximum absolute atomic E-state index is 10.8. The van der Waals surface area contributed by atoms with Gasteiger partial charge in [-0.1, -0.05) is 13.0 Å². The first-order valence-electron chi connectivity index (χ1n) is 5.21. The van der Waals surface area contributed by atoms with E-state index in [1.54, 1.807) is 6.08 Å². The van der Waals surface area contributed by atoms with Crippen molar-refractivity contribution in [3.8, 4) is 0 Å². The first-order chi connectivity index (χ1) is 7.49. The molecule has 2 aliphatic rings. The molecule has 16 heavy (non-hydrogen) atoms. The first kappa shape index (κ1) is 11.0. The van der Waals surface area contributed by atoms with Gasteiger partial charge in [0, 0.05) is 18.6 Å². The molecule has 5 nitrogen and oxygen atoms in total. The van der Waals surface area contributed by atoms with Crippen molar-refractivity contribution >= 4 is 0 Å². The van der Waals surface area contributed by atoms with E-state index >= 15 is 0 Å². The van der Waals surface area contributed by atoms with Crippen molar-refractivity contribution in [2.24, 2.45) is 11.7 Å². The number of hydrogen-bond acceptors (Lipinski definition) is 4. The van der Waals surface area contributed by atoms with Crippen LogP contribution in [0.1, 0.15) is 13.3 Å². The molecule has 0 aromatic rings. The minimum Gasteiger partial charge on any atom is -0.391 e. The topological polar surface area (TPSA) is 89.4 Å². The molecule has 0 aromatic heterocycles. The van der Waals surface area contributed by atoms with E-state index < -0.39 is 17.1 Å². The van der Waals surface area contributed by atoms with Gasteiger partial charge in [-0.15, -0.1) is 0 Å². The summed E-state index contributed by atoms with van der Waals surface area (Å²) in [5.74, 6) is -0.0124. The molecule has 86 valence electrons. The van der Waals surface area contributed by atoms with Crippen LogP contribution >= 0.6 is 0 Å². The Hall–Kier alpha value is -1.46. The second-order valence-electron chi connectivity index (χ2n) is 4.30. The summed E-state index contributed by atoms with van der Waals surface area (Å²) in [4.78, 5) is 10.4. The van der Waals surface area contributed by atoms with Crippen LogP contribution in [0.25, 0.3) is 0 Å². The standard InChI is InChI=1S/C11H14N2O3/c1-6-2-7-4-10(14)11(12)9(7)5-8(3-6)13(15)16/h2-3,5-6,10-11,14H,4,12H2,1H3. The Morgan fingerprint density at radius 1 is 1.56 bits per heavy atom. The van der Waals surface area contributed by atoms with Gasteiger partial charge in [0.05, 0.1) is 17.1 Å². The maximum Gasteiger partial charge on any atom is 0.266 e. The van der Waals surface area contributed by atoms with Gasteiger partial charge in [-0.2, -0.15) is 0 Å². The zero-order chi connectivity index (χ0) is 11.9. The van der Waals surface area contributed by atoms with E-state index in [0.29, 0.717) is 12.0 Å². The number of rotatable bonds is 1. The molecule has 2 rings (SSSR count). The fraction of sp³-hybridized carbons (Fsp3) is 0.455. The fourth-order valence-electron chi connectivity index (χ4n) is 2.20. The third kappa shape index (κ3) is 1.79. The third-order valence-electron chi connectivity index (χ3n) is 2.99. The lowest BCUT2D eigenvalue weighted by Gasteiger charge is -2.08. The van der Waals surface area contributed by atoms with E-state index in [1.165, 1.54) is 6.08 Å². The zero-order valence-electron chi connectivity index (χ0n) is 8.96. The molecular formula is C11H14N2O3. The first-order valence-corrected chi connectivity index (χ1v) is 5.21. The number of aliphatic hydroxyl groups is 1. The number of hydrogen-bond donors (Lipinski definition) is 2. The summed E-state index contributed by atoms with van der Waals surface area (Å²) in [6, 6.07) is -0.514. The predicted octanol–water partition coefficient (Wildman–Crippen LogP) is 0.741. The van der Waals surface area contributed by atoms with Crippen molar-refractivity contribution in [1.82, 2.24) is 0 Å². The van der Waals surface area contributed by atoms with Gasteiger partial charge in [-0.25, -0.2) is 0 Å². The Bertz CT molecular complexity index is 423. The summed E-state index contributed by atoms with van der Waals surface area (Å²) in [5.41, 5.74) is 7.48. The van der Waals surface area contributed by atoms with Gasteiger partial charge in [-0.3, -0.25) is 10.1 Å². The SMILES string of the molecule is CC1C=C2CC(O)C(N)C2=CC([N+](=O)[O-])=C1. The van der Waals surface area contributed by atoms with Crippen LogP contribution in [0.15, 0.2) is 35.1 Å². The summed E-state index contributed by atoms with van der Waals surface area (Å²) >= 11 is 0. The summed E-state index contributed by atoms with van der Waals surface area (Å²) in [5, 5.41) is 20.4. The van der Waals surface area contributed by atoms with Gasteiger partial charge in [-0.05, 0) is 17.1 Å². The fourth-order valence-corrected chi connectivity index (χ4v) is 2.20. The van der Waals surface area contributed by atoms with Crippen LogP contribution in [0, 0.1) is 16.0 Å². The van der Waals surface area contributed by atoms with Crippen molar-refractivity contribution in [2.75, 3.05) is 0 Å². The largest absolute Gasteiger partial charge is 0.391 e. The second-order valence-corrected chi connectivity index (χ2v) is 4.30. The van der Waals surface area contributed by atoms with Gasteiger partial charge in [0.25, 0.3) is 5.70 Å². The van der Waals surface area contributed by atoms with E-state index in [9.17, 15) is 15.2 Å². The van der Waals surface area contributed by atoms with Crippen molar-refractivity contribution in [3.05, 3.63) is 45.2 Å². The van der Waals surface area contributed by atoms with Crippen LogP contribution in [0.2, 0.25) is 0 Å². The molecule has 5 heteroatoms. The van der Waals surface area contributed by atoms with E-state index in [1.807, 2.05) is 13.0 Å². The number of fused-ring (bicyclic) bond motifs is 1. The lowest BCUT2D eigenvalue weighted by atomic mass is 10.1. The molecule has 1 fully saturated rings. The summed E-state index contributed by atoms with van der Waals surface area (Å²) < 4.78 is 0. The van der Waals surface area contributed by atoms with Gasteiger partial charge in [0.15, 0.2) is 0 Å². The van der Waals surface area contributed by atoms with Crippen molar-refractivity contribution in [2.45, 2.75) is 25.5 Å². The Morgan fingerprint density at radius 2 is 2.25 bits per heavy atom. The number of allylic oxidation sites excluding steroid dienone is 3. The second kappa shape index (κ2) is 3.84. The molecule has 0 spiro atoms. The van der Waals surface area contributed by atoms with Crippen molar-refractivity contribution in [3.63, 3.8) is 0 Å². The molecule has 3 N–H and O–H groups in total. The molecule has 0 saturated heterocycles. The minimum atomic E-state index is -0.629. The quantitative estimate of drug-likeness (QED) is 0.506. The van der Waals surface area contributed by atoms with E-state index in [-0.39, 0.29) is 11.6 Å². The smallest absolute Gasteiger partial charge is 0.266 e. The van der Waals surface area contributed by atoms with Gasteiger partial charge >= 0.3 is 0 Å².